The monoisotopic (exact) mass is 368 g/mol. The molecule has 2 heteroatoms. The van der Waals surface area contributed by atoms with E-state index in [0.717, 1.165) is 11.9 Å². The molecule has 0 radical (unpaired) electrons. The van der Waals surface area contributed by atoms with E-state index in [9.17, 15) is 0 Å². The minimum absolute atomic E-state index is 0.469. The maximum atomic E-state index is 4.97. The molecule has 1 fully saturated rings. The second-order valence-corrected chi connectivity index (χ2v) is 8.49. The third kappa shape index (κ3) is 2.92. The Morgan fingerprint density at radius 3 is 2.43 bits per heavy atom. The summed E-state index contributed by atoms with van der Waals surface area (Å²) < 4.78 is 2.38. The normalized spacial score (nSPS) is 16.6. The lowest BCUT2D eigenvalue weighted by Crippen LogP contribution is -2.26. The lowest BCUT2D eigenvalue weighted by atomic mass is 9.69. The molecule has 1 saturated carbocycles. The zero-order valence-corrected chi connectivity index (χ0v) is 16.7. The molecule has 4 aromatic rings. The van der Waals surface area contributed by atoms with Gasteiger partial charge >= 0.3 is 0 Å². The molecule has 2 aromatic carbocycles. The topological polar surface area (TPSA) is 17.8 Å². The number of hydrogen-bond donors (Lipinski definition) is 0. The highest BCUT2D eigenvalue weighted by Crippen LogP contribution is 2.42. The Hall–Kier alpha value is -2.61. The Labute approximate surface area is 167 Å². The minimum atomic E-state index is 0.469. The molecule has 1 aliphatic rings. The van der Waals surface area contributed by atoms with Crippen LogP contribution in [0.5, 0.6) is 0 Å². The molecule has 0 spiro atoms. The highest BCUT2D eigenvalue weighted by molar-refractivity contribution is 6.07. The first-order valence-corrected chi connectivity index (χ1v) is 10.7. The van der Waals surface area contributed by atoms with Crippen molar-refractivity contribution in [2.24, 2.45) is 5.41 Å². The number of pyridine rings is 1. The first kappa shape index (κ1) is 17.5. The van der Waals surface area contributed by atoms with Gasteiger partial charge in [0.1, 0.15) is 0 Å². The minimum Gasteiger partial charge on any atom is -0.308 e. The summed E-state index contributed by atoms with van der Waals surface area (Å²) in [5, 5.41) is 1.23. The summed E-state index contributed by atoms with van der Waals surface area (Å²) in [5.74, 6) is 0. The van der Waals surface area contributed by atoms with Crippen LogP contribution in [0.15, 0.2) is 66.9 Å². The molecule has 2 heterocycles. The van der Waals surface area contributed by atoms with Crippen LogP contribution in [-0.2, 0) is 6.42 Å². The van der Waals surface area contributed by atoms with Crippen LogP contribution in [0.4, 0.5) is 0 Å². The van der Waals surface area contributed by atoms with Crippen molar-refractivity contribution in [3.63, 3.8) is 0 Å². The van der Waals surface area contributed by atoms with Crippen LogP contribution in [0.3, 0.4) is 0 Å². The van der Waals surface area contributed by atoms with Crippen molar-refractivity contribution < 1.29 is 0 Å². The van der Waals surface area contributed by atoms with Crippen LogP contribution in [0.1, 0.15) is 51.0 Å². The van der Waals surface area contributed by atoms with Crippen LogP contribution in [-0.4, -0.2) is 9.55 Å². The zero-order chi connectivity index (χ0) is 19.0. The van der Waals surface area contributed by atoms with E-state index in [0.29, 0.717) is 5.41 Å². The maximum Gasteiger partial charge on any atom is 0.0963 e. The Morgan fingerprint density at radius 1 is 0.893 bits per heavy atom. The molecule has 0 saturated heterocycles. The molecule has 28 heavy (non-hydrogen) atoms. The van der Waals surface area contributed by atoms with Gasteiger partial charge in [0, 0.05) is 17.3 Å². The van der Waals surface area contributed by atoms with Crippen molar-refractivity contribution in [3.8, 4) is 5.69 Å². The summed E-state index contributed by atoms with van der Waals surface area (Å²) in [6.07, 6.45) is 11.5. The highest BCUT2D eigenvalue weighted by Gasteiger charge is 2.30. The molecule has 0 atom stereocenters. The number of fused-ring (bicyclic) bond motifs is 3. The van der Waals surface area contributed by atoms with Crippen LogP contribution in [0.25, 0.3) is 27.6 Å². The predicted octanol–water partition coefficient (Wildman–Crippen LogP) is 7.08. The van der Waals surface area contributed by atoms with E-state index < -0.39 is 0 Å². The Kier molecular flexibility index (Phi) is 4.43. The SMILES string of the molecule is CCC1(Cc2cnc3c4ccccc4n(-c4ccccc4)c3c2)CCCCC1. The molecule has 2 aromatic heterocycles. The van der Waals surface area contributed by atoms with Crippen molar-refractivity contribution in [1.29, 1.82) is 0 Å². The van der Waals surface area contributed by atoms with Crippen LogP contribution >= 0.6 is 0 Å². The molecule has 1 aliphatic carbocycles. The Balaban J connectivity index is 1.68. The van der Waals surface area contributed by atoms with E-state index in [-0.39, 0.29) is 0 Å². The second-order valence-electron chi connectivity index (χ2n) is 8.49. The first-order valence-electron chi connectivity index (χ1n) is 10.7. The molecule has 0 N–H and O–H groups in total. The van der Waals surface area contributed by atoms with Gasteiger partial charge < -0.3 is 4.57 Å². The van der Waals surface area contributed by atoms with Gasteiger partial charge in [0.15, 0.2) is 0 Å². The van der Waals surface area contributed by atoms with E-state index in [1.165, 1.54) is 66.2 Å². The smallest absolute Gasteiger partial charge is 0.0963 e. The quantitative estimate of drug-likeness (QED) is 0.376. The molecule has 142 valence electrons. The first-order chi connectivity index (χ1) is 13.8. The molecule has 0 unspecified atom stereocenters. The fourth-order valence-corrected chi connectivity index (χ4v) is 5.21. The summed E-state index contributed by atoms with van der Waals surface area (Å²) in [6, 6.07) is 21.7. The molecule has 0 bridgehead atoms. The molecular formula is C26H28N2. The summed E-state index contributed by atoms with van der Waals surface area (Å²) >= 11 is 0. The maximum absolute atomic E-state index is 4.97. The van der Waals surface area contributed by atoms with E-state index in [1.807, 2.05) is 0 Å². The lowest BCUT2D eigenvalue weighted by Gasteiger charge is -2.36. The molecular weight excluding hydrogens is 340 g/mol. The van der Waals surface area contributed by atoms with Gasteiger partial charge in [0.05, 0.1) is 16.6 Å². The van der Waals surface area contributed by atoms with Crippen LogP contribution in [0.2, 0.25) is 0 Å². The van der Waals surface area contributed by atoms with Crippen LogP contribution in [0, 0.1) is 5.41 Å². The van der Waals surface area contributed by atoms with Crippen molar-refractivity contribution >= 4 is 21.9 Å². The van der Waals surface area contributed by atoms with Crippen LogP contribution < -0.4 is 0 Å². The fourth-order valence-electron chi connectivity index (χ4n) is 5.21. The van der Waals surface area contributed by atoms with Gasteiger partial charge in [-0.3, -0.25) is 4.98 Å². The summed E-state index contributed by atoms with van der Waals surface area (Å²) in [6.45, 7) is 2.37. The zero-order valence-electron chi connectivity index (χ0n) is 16.7. The third-order valence-corrected chi connectivity index (χ3v) is 6.82. The third-order valence-electron chi connectivity index (χ3n) is 6.82. The number of para-hydroxylation sites is 2. The lowest BCUT2D eigenvalue weighted by molar-refractivity contribution is 0.179. The Morgan fingerprint density at radius 2 is 1.64 bits per heavy atom. The van der Waals surface area contributed by atoms with Gasteiger partial charge in [-0.25, -0.2) is 0 Å². The van der Waals surface area contributed by atoms with Gasteiger partial charge in [-0.1, -0.05) is 69.0 Å². The standard InChI is InChI=1S/C26H28N2/c1-2-26(15-9-4-10-16-26)18-20-17-24-25(27-19-20)22-13-7-8-14-23(22)28(24)21-11-5-3-6-12-21/h3,5-8,11-14,17,19H,2,4,9-10,15-16,18H2,1H3. The molecule has 5 rings (SSSR count). The number of nitrogens with zero attached hydrogens (tertiary/aromatic N) is 2. The number of hydrogen-bond acceptors (Lipinski definition) is 1. The number of aromatic nitrogens is 2. The van der Waals surface area contributed by atoms with Crippen molar-refractivity contribution in [1.82, 2.24) is 9.55 Å². The van der Waals surface area contributed by atoms with E-state index in [2.05, 4.69) is 78.4 Å². The van der Waals surface area contributed by atoms with Crippen molar-refractivity contribution in [2.75, 3.05) is 0 Å². The van der Waals surface area contributed by atoms with Gasteiger partial charge in [0.2, 0.25) is 0 Å². The van der Waals surface area contributed by atoms with Gasteiger partial charge in [-0.15, -0.1) is 0 Å². The van der Waals surface area contributed by atoms with Gasteiger partial charge in [-0.05, 0) is 54.5 Å². The Bertz CT molecular complexity index is 1100. The average Bonchev–Trinajstić information content (AvgIpc) is 3.08. The largest absolute Gasteiger partial charge is 0.308 e. The molecule has 0 aliphatic heterocycles. The van der Waals surface area contributed by atoms with Crippen molar-refractivity contribution in [2.45, 2.75) is 51.9 Å². The molecule has 0 amide bonds. The second kappa shape index (κ2) is 7.09. The summed E-state index contributed by atoms with van der Waals surface area (Å²) in [4.78, 5) is 4.97. The number of benzene rings is 2. The average molecular weight is 369 g/mol. The van der Waals surface area contributed by atoms with E-state index in [4.69, 9.17) is 4.98 Å². The summed E-state index contributed by atoms with van der Waals surface area (Å²) in [5.41, 5.74) is 6.63. The highest BCUT2D eigenvalue weighted by atomic mass is 15.0. The fraction of sp³-hybridized carbons (Fsp3) is 0.346. The van der Waals surface area contributed by atoms with E-state index >= 15 is 0 Å². The predicted molar refractivity (Wildman–Crippen MR) is 118 cm³/mol. The van der Waals surface area contributed by atoms with Gasteiger partial charge in [0.25, 0.3) is 0 Å². The molecule has 2 nitrogen and oxygen atoms in total. The van der Waals surface area contributed by atoms with Crippen molar-refractivity contribution in [3.05, 3.63) is 72.4 Å². The summed E-state index contributed by atoms with van der Waals surface area (Å²) in [7, 11) is 0. The number of rotatable bonds is 4. The van der Waals surface area contributed by atoms with E-state index in [1.54, 1.807) is 0 Å². The van der Waals surface area contributed by atoms with Gasteiger partial charge in [-0.2, -0.15) is 0 Å².